The number of rotatable bonds is 5. The van der Waals surface area contributed by atoms with Gasteiger partial charge in [0.2, 0.25) is 0 Å². The summed E-state index contributed by atoms with van der Waals surface area (Å²) in [5, 5.41) is 4.38. The van der Waals surface area contributed by atoms with Gasteiger partial charge < -0.3 is 9.30 Å². The molecule has 0 amide bonds. The zero-order chi connectivity index (χ0) is 16.2. The fraction of sp³-hybridized carbons (Fsp3) is 0.235. The average molecular weight is 310 g/mol. The molecule has 1 atom stereocenters. The fourth-order valence-corrected chi connectivity index (χ4v) is 2.47. The van der Waals surface area contributed by atoms with E-state index >= 15 is 0 Å². The highest BCUT2D eigenvalue weighted by Gasteiger charge is 2.18. The van der Waals surface area contributed by atoms with E-state index in [0.29, 0.717) is 6.42 Å². The van der Waals surface area contributed by atoms with Crippen molar-refractivity contribution in [1.82, 2.24) is 19.3 Å². The smallest absolute Gasteiger partial charge is 0.328 e. The SMILES string of the molecule is COC(=O)C(C)n1ccnc1Cc1cnn(-c2ccccc2)c1. The van der Waals surface area contributed by atoms with Gasteiger partial charge in [-0.1, -0.05) is 18.2 Å². The molecular weight excluding hydrogens is 292 g/mol. The molecule has 1 unspecified atom stereocenters. The summed E-state index contributed by atoms with van der Waals surface area (Å²) in [5.74, 6) is 0.514. The molecule has 2 aromatic heterocycles. The van der Waals surface area contributed by atoms with Gasteiger partial charge in [-0.15, -0.1) is 0 Å². The van der Waals surface area contributed by atoms with Crippen molar-refractivity contribution >= 4 is 5.97 Å². The Morgan fingerprint density at radius 1 is 1.30 bits per heavy atom. The van der Waals surface area contributed by atoms with E-state index in [9.17, 15) is 4.79 Å². The van der Waals surface area contributed by atoms with Gasteiger partial charge in [0, 0.05) is 25.0 Å². The summed E-state index contributed by atoms with van der Waals surface area (Å²) >= 11 is 0. The molecule has 2 heterocycles. The molecule has 1 aromatic carbocycles. The fourth-order valence-electron chi connectivity index (χ4n) is 2.47. The zero-order valence-electron chi connectivity index (χ0n) is 13.1. The lowest BCUT2D eigenvalue weighted by Gasteiger charge is -2.13. The van der Waals surface area contributed by atoms with Crippen molar-refractivity contribution < 1.29 is 9.53 Å². The summed E-state index contributed by atoms with van der Waals surface area (Å²) in [5.41, 5.74) is 2.03. The van der Waals surface area contributed by atoms with E-state index in [-0.39, 0.29) is 5.97 Å². The standard InChI is InChI=1S/C17H18N4O2/c1-13(17(22)23-2)20-9-8-18-16(20)10-14-11-19-21(12-14)15-6-4-3-5-7-15/h3-9,11-13H,10H2,1-2H3. The predicted molar refractivity (Wildman–Crippen MR) is 85.3 cm³/mol. The Morgan fingerprint density at radius 2 is 2.09 bits per heavy atom. The quantitative estimate of drug-likeness (QED) is 0.679. The van der Waals surface area contributed by atoms with E-state index in [4.69, 9.17) is 4.74 Å². The monoisotopic (exact) mass is 310 g/mol. The van der Waals surface area contributed by atoms with Crippen LogP contribution < -0.4 is 0 Å². The van der Waals surface area contributed by atoms with Crippen molar-refractivity contribution in [2.24, 2.45) is 0 Å². The minimum atomic E-state index is -0.401. The Hall–Kier alpha value is -2.89. The van der Waals surface area contributed by atoms with Gasteiger partial charge in [-0.05, 0) is 24.6 Å². The van der Waals surface area contributed by atoms with Gasteiger partial charge >= 0.3 is 5.97 Å². The molecule has 0 aliphatic rings. The lowest BCUT2D eigenvalue weighted by Crippen LogP contribution is -2.19. The second-order valence-electron chi connectivity index (χ2n) is 5.26. The molecule has 0 bridgehead atoms. The lowest BCUT2D eigenvalue weighted by atomic mass is 10.2. The van der Waals surface area contributed by atoms with Crippen molar-refractivity contribution in [3.63, 3.8) is 0 Å². The van der Waals surface area contributed by atoms with Crippen molar-refractivity contribution in [1.29, 1.82) is 0 Å². The third-order valence-corrected chi connectivity index (χ3v) is 3.73. The summed E-state index contributed by atoms with van der Waals surface area (Å²) in [6.07, 6.45) is 7.86. The van der Waals surface area contributed by atoms with Gasteiger partial charge in [0.15, 0.2) is 0 Å². The van der Waals surface area contributed by atoms with Crippen LogP contribution in [-0.4, -0.2) is 32.4 Å². The van der Waals surface area contributed by atoms with Crippen LogP contribution in [0.5, 0.6) is 0 Å². The highest BCUT2D eigenvalue weighted by atomic mass is 16.5. The van der Waals surface area contributed by atoms with Crippen LogP contribution in [0.3, 0.4) is 0 Å². The number of imidazole rings is 1. The first-order chi connectivity index (χ1) is 11.2. The van der Waals surface area contributed by atoms with Crippen molar-refractivity contribution in [3.8, 4) is 5.69 Å². The number of methoxy groups -OCH3 is 1. The number of para-hydroxylation sites is 1. The topological polar surface area (TPSA) is 61.9 Å². The van der Waals surface area contributed by atoms with Crippen LogP contribution in [0.1, 0.15) is 24.4 Å². The second-order valence-corrected chi connectivity index (χ2v) is 5.26. The molecule has 0 spiro atoms. The number of esters is 1. The summed E-state index contributed by atoms with van der Waals surface area (Å²) in [6.45, 7) is 1.80. The molecule has 0 saturated carbocycles. The van der Waals surface area contributed by atoms with Crippen LogP contribution in [0.25, 0.3) is 5.69 Å². The van der Waals surface area contributed by atoms with Crippen LogP contribution in [0.15, 0.2) is 55.1 Å². The maximum absolute atomic E-state index is 11.7. The number of nitrogens with zero attached hydrogens (tertiary/aromatic N) is 4. The third kappa shape index (κ3) is 3.15. The Kier molecular flexibility index (Phi) is 4.23. The first kappa shape index (κ1) is 15.0. The minimum Gasteiger partial charge on any atom is -0.467 e. The van der Waals surface area contributed by atoms with Gasteiger partial charge in [-0.2, -0.15) is 5.10 Å². The first-order valence-electron chi connectivity index (χ1n) is 7.37. The maximum atomic E-state index is 11.7. The highest BCUT2D eigenvalue weighted by Crippen LogP contribution is 2.15. The number of ether oxygens (including phenoxy) is 1. The van der Waals surface area contributed by atoms with Crippen molar-refractivity contribution in [2.75, 3.05) is 7.11 Å². The molecule has 0 aliphatic heterocycles. The van der Waals surface area contributed by atoms with Crippen LogP contribution >= 0.6 is 0 Å². The van der Waals surface area contributed by atoms with Gasteiger partial charge in [0.05, 0.1) is 19.0 Å². The van der Waals surface area contributed by atoms with Crippen LogP contribution in [-0.2, 0) is 16.0 Å². The first-order valence-corrected chi connectivity index (χ1v) is 7.37. The van der Waals surface area contributed by atoms with Gasteiger partial charge in [0.1, 0.15) is 11.9 Å². The molecule has 0 aliphatic carbocycles. The maximum Gasteiger partial charge on any atom is 0.328 e. The molecule has 6 heteroatoms. The molecule has 118 valence electrons. The number of hydrogen-bond donors (Lipinski definition) is 0. The normalized spacial score (nSPS) is 12.1. The molecule has 3 rings (SSSR count). The molecule has 0 fully saturated rings. The molecule has 6 nitrogen and oxygen atoms in total. The number of hydrogen-bond acceptors (Lipinski definition) is 4. The molecule has 3 aromatic rings. The van der Waals surface area contributed by atoms with Gasteiger partial charge in [0.25, 0.3) is 0 Å². The Labute approximate surface area is 134 Å². The van der Waals surface area contributed by atoms with E-state index in [0.717, 1.165) is 17.1 Å². The van der Waals surface area contributed by atoms with E-state index in [1.165, 1.54) is 7.11 Å². The molecular formula is C17H18N4O2. The number of benzene rings is 1. The van der Waals surface area contributed by atoms with Crippen molar-refractivity contribution in [2.45, 2.75) is 19.4 Å². The van der Waals surface area contributed by atoms with Crippen LogP contribution in [0.2, 0.25) is 0 Å². The Morgan fingerprint density at radius 3 is 2.83 bits per heavy atom. The van der Waals surface area contributed by atoms with E-state index in [1.807, 2.05) is 52.0 Å². The van der Waals surface area contributed by atoms with E-state index in [1.54, 1.807) is 19.3 Å². The van der Waals surface area contributed by atoms with Gasteiger partial charge in [-0.3, -0.25) is 0 Å². The summed E-state index contributed by atoms with van der Waals surface area (Å²) < 4.78 is 8.45. The molecule has 0 N–H and O–H groups in total. The van der Waals surface area contributed by atoms with E-state index < -0.39 is 6.04 Å². The number of carbonyl (C=O) groups is 1. The molecule has 0 radical (unpaired) electrons. The zero-order valence-corrected chi connectivity index (χ0v) is 13.1. The lowest BCUT2D eigenvalue weighted by molar-refractivity contribution is -0.144. The average Bonchev–Trinajstić information content (AvgIpc) is 3.24. The van der Waals surface area contributed by atoms with Crippen molar-refractivity contribution in [3.05, 3.63) is 66.5 Å². The second kappa shape index (κ2) is 6.48. The summed E-state index contributed by atoms with van der Waals surface area (Å²) in [4.78, 5) is 16.1. The molecule has 23 heavy (non-hydrogen) atoms. The number of carbonyl (C=O) groups excluding carboxylic acids is 1. The van der Waals surface area contributed by atoms with Crippen LogP contribution in [0.4, 0.5) is 0 Å². The Balaban J connectivity index is 1.80. The summed E-state index contributed by atoms with van der Waals surface area (Å²) in [6, 6.07) is 9.51. The van der Waals surface area contributed by atoms with E-state index in [2.05, 4.69) is 10.1 Å². The largest absolute Gasteiger partial charge is 0.467 e. The molecule has 0 saturated heterocycles. The minimum absolute atomic E-state index is 0.288. The number of aromatic nitrogens is 4. The van der Waals surface area contributed by atoms with Gasteiger partial charge in [-0.25, -0.2) is 14.5 Å². The van der Waals surface area contributed by atoms with Crippen LogP contribution in [0, 0.1) is 0 Å². The highest BCUT2D eigenvalue weighted by molar-refractivity contribution is 5.73. The Bertz CT molecular complexity index is 792. The third-order valence-electron chi connectivity index (χ3n) is 3.73. The summed E-state index contributed by atoms with van der Waals surface area (Å²) in [7, 11) is 1.39. The predicted octanol–water partition coefficient (Wildman–Crippen LogP) is 2.39.